The second-order valence-corrected chi connectivity index (χ2v) is 4.95. The van der Waals surface area contributed by atoms with Crippen LogP contribution in [-0.2, 0) is 7.05 Å². The Hall–Kier alpha value is -2.89. The van der Waals surface area contributed by atoms with Crippen molar-refractivity contribution in [3.8, 4) is 40.0 Å². The second-order valence-electron chi connectivity index (χ2n) is 4.95. The third kappa shape index (κ3) is 2.52. The van der Waals surface area contributed by atoms with Crippen molar-refractivity contribution >= 4 is 0 Å². The lowest BCUT2D eigenvalue weighted by Gasteiger charge is -2.13. The normalized spacial score (nSPS) is 10.6. The molecule has 6 nitrogen and oxygen atoms in total. The van der Waals surface area contributed by atoms with Crippen LogP contribution in [0.4, 0.5) is 0 Å². The Balaban J connectivity index is 2.17. The molecule has 0 radical (unpaired) electrons. The maximum atomic E-state index is 5.60. The van der Waals surface area contributed by atoms with Crippen LogP contribution in [0.15, 0.2) is 41.3 Å². The Bertz CT molecular complexity index is 795. The molecule has 2 heterocycles. The number of oxazole rings is 1. The molecule has 0 aliphatic heterocycles. The van der Waals surface area contributed by atoms with Gasteiger partial charge in [0.05, 0.1) is 27.0 Å². The zero-order valence-corrected chi connectivity index (χ0v) is 13.5. The van der Waals surface area contributed by atoms with E-state index in [1.54, 1.807) is 21.3 Å². The number of aryl methyl sites for hydroxylation is 1. The predicted octanol–water partition coefficient (Wildman–Crippen LogP) is 3.37. The van der Waals surface area contributed by atoms with Gasteiger partial charge < -0.3 is 23.2 Å². The minimum atomic E-state index is 0.544. The number of hydrogen-bond acceptors (Lipinski definition) is 5. The summed E-state index contributed by atoms with van der Waals surface area (Å²) in [6, 6.07) is 7.64. The predicted molar refractivity (Wildman–Crippen MR) is 86.0 cm³/mol. The van der Waals surface area contributed by atoms with E-state index in [0.717, 1.165) is 11.3 Å². The van der Waals surface area contributed by atoms with E-state index in [2.05, 4.69) is 4.98 Å². The van der Waals surface area contributed by atoms with Gasteiger partial charge in [0.2, 0.25) is 5.75 Å². The molecule has 0 aliphatic carbocycles. The van der Waals surface area contributed by atoms with Crippen molar-refractivity contribution < 1.29 is 18.6 Å². The van der Waals surface area contributed by atoms with E-state index >= 15 is 0 Å². The quantitative estimate of drug-likeness (QED) is 0.722. The van der Waals surface area contributed by atoms with Crippen LogP contribution < -0.4 is 14.2 Å². The molecule has 0 saturated carbocycles. The van der Waals surface area contributed by atoms with E-state index < -0.39 is 0 Å². The lowest BCUT2D eigenvalue weighted by atomic mass is 10.1. The van der Waals surface area contributed by atoms with Gasteiger partial charge in [-0.25, -0.2) is 4.98 Å². The van der Waals surface area contributed by atoms with Gasteiger partial charge in [-0.15, -0.1) is 0 Å². The smallest absolute Gasteiger partial charge is 0.203 e. The Morgan fingerprint density at radius 3 is 2.26 bits per heavy atom. The molecule has 0 fully saturated rings. The summed E-state index contributed by atoms with van der Waals surface area (Å²) in [6.45, 7) is 0. The fraction of sp³-hybridized carbons (Fsp3) is 0.235. The van der Waals surface area contributed by atoms with Crippen molar-refractivity contribution in [1.29, 1.82) is 0 Å². The first kappa shape index (κ1) is 15.0. The standard InChI is InChI=1S/C17H18N2O4/c1-19-7-5-6-12(19)16-15(18-10-23-16)11-8-13(20-2)17(22-4)14(9-11)21-3/h5-10H,1-4H3. The van der Waals surface area contributed by atoms with Crippen LogP contribution in [-0.4, -0.2) is 30.9 Å². The van der Waals surface area contributed by atoms with Gasteiger partial charge in [-0.2, -0.15) is 0 Å². The first-order valence-electron chi connectivity index (χ1n) is 7.05. The van der Waals surface area contributed by atoms with E-state index in [-0.39, 0.29) is 0 Å². The highest BCUT2D eigenvalue weighted by atomic mass is 16.5. The summed E-state index contributed by atoms with van der Waals surface area (Å²) in [6.07, 6.45) is 3.39. The van der Waals surface area contributed by atoms with Crippen molar-refractivity contribution in [2.24, 2.45) is 7.05 Å². The number of rotatable bonds is 5. The number of benzene rings is 1. The van der Waals surface area contributed by atoms with Gasteiger partial charge in [-0.05, 0) is 24.3 Å². The summed E-state index contributed by atoms with van der Waals surface area (Å²) in [4.78, 5) is 4.36. The summed E-state index contributed by atoms with van der Waals surface area (Å²) < 4.78 is 23.7. The molecule has 120 valence electrons. The number of nitrogens with zero attached hydrogens (tertiary/aromatic N) is 2. The molecule has 0 bridgehead atoms. The molecule has 3 aromatic rings. The maximum Gasteiger partial charge on any atom is 0.203 e. The van der Waals surface area contributed by atoms with E-state index in [4.69, 9.17) is 18.6 Å². The molecule has 3 rings (SSSR count). The summed E-state index contributed by atoms with van der Waals surface area (Å²) >= 11 is 0. The van der Waals surface area contributed by atoms with Crippen molar-refractivity contribution in [3.05, 3.63) is 36.9 Å². The van der Waals surface area contributed by atoms with Crippen LogP contribution in [0.2, 0.25) is 0 Å². The summed E-state index contributed by atoms with van der Waals surface area (Å²) in [7, 11) is 6.70. The molecular formula is C17H18N2O4. The highest BCUT2D eigenvalue weighted by molar-refractivity contribution is 5.78. The molecule has 6 heteroatoms. The Morgan fingerprint density at radius 2 is 1.74 bits per heavy atom. The topological polar surface area (TPSA) is 58.7 Å². The second kappa shape index (κ2) is 6.08. The highest BCUT2D eigenvalue weighted by Gasteiger charge is 2.20. The first-order chi connectivity index (χ1) is 11.2. The lowest BCUT2D eigenvalue weighted by molar-refractivity contribution is 0.324. The number of hydrogen-bond donors (Lipinski definition) is 0. The molecular weight excluding hydrogens is 296 g/mol. The molecule has 0 saturated heterocycles. The fourth-order valence-corrected chi connectivity index (χ4v) is 2.55. The zero-order chi connectivity index (χ0) is 16.4. The Morgan fingerprint density at radius 1 is 1.04 bits per heavy atom. The molecule has 0 amide bonds. The molecule has 1 aromatic carbocycles. The average molecular weight is 314 g/mol. The molecule has 0 N–H and O–H groups in total. The Kier molecular flexibility index (Phi) is 3.97. The van der Waals surface area contributed by atoms with E-state index in [0.29, 0.717) is 28.7 Å². The van der Waals surface area contributed by atoms with Gasteiger partial charge in [-0.3, -0.25) is 0 Å². The minimum absolute atomic E-state index is 0.544. The first-order valence-corrected chi connectivity index (χ1v) is 7.05. The van der Waals surface area contributed by atoms with Gasteiger partial charge in [0.25, 0.3) is 0 Å². The van der Waals surface area contributed by atoms with Crippen LogP contribution in [0.1, 0.15) is 0 Å². The van der Waals surface area contributed by atoms with Gasteiger partial charge in [0.1, 0.15) is 5.69 Å². The monoisotopic (exact) mass is 314 g/mol. The van der Waals surface area contributed by atoms with Gasteiger partial charge in [0.15, 0.2) is 23.7 Å². The SMILES string of the molecule is COc1cc(-c2ncoc2-c2cccn2C)cc(OC)c1OC. The van der Waals surface area contributed by atoms with E-state index in [1.165, 1.54) is 6.39 Å². The molecule has 23 heavy (non-hydrogen) atoms. The van der Waals surface area contributed by atoms with Crippen molar-refractivity contribution in [1.82, 2.24) is 9.55 Å². The summed E-state index contributed by atoms with van der Waals surface area (Å²) in [5, 5.41) is 0. The Labute approximate surface area is 134 Å². The summed E-state index contributed by atoms with van der Waals surface area (Å²) in [5.41, 5.74) is 2.47. The zero-order valence-electron chi connectivity index (χ0n) is 13.5. The number of aromatic nitrogens is 2. The largest absolute Gasteiger partial charge is 0.493 e. The average Bonchev–Trinajstić information content (AvgIpc) is 3.21. The van der Waals surface area contributed by atoms with Gasteiger partial charge >= 0.3 is 0 Å². The maximum absolute atomic E-state index is 5.60. The van der Waals surface area contributed by atoms with E-state index in [1.807, 2.05) is 42.1 Å². The number of methoxy groups -OCH3 is 3. The fourth-order valence-electron chi connectivity index (χ4n) is 2.55. The van der Waals surface area contributed by atoms with E-state index in [9.17, 15) is 0 Å². The van der Waals surface area contributed by atoms with Gasteiger partial charge in [-0.1, -0.05) is 0 Å². The van der Waals surface area contributed by atoms with Crippen molar-refractivity contribution in [3.63, 3.8) is 0 Å². The third-order valence-electron chi connectivity index (χ3n) is 3.68. The molecule has 0 unspecified atom stereocenters. The molecule has 2 aromatic heterocycles. The molecule has 0 aliphatic rings. The summed E-state index contributed by atoms with van der Waals surface area (Å²) in [5.74, 6) is 2.37. The highest BCUT2D eigenvalue weighted by Crippen LogP contribution is 2.42. The van der Waals surface area contributed by atoms with Crippen molar-refractivity contribution in [2.75, 3.05) is 21.3 Å². The molecule has 0 atom stereocenters. The number of ether oxygens (including phenoxy) is 3. The lowest BCUT2D eigenvalue weighted by Crippen LogP contribution is -1.96. The molecule has 0 spiro atoms. The van der Waals surface area contributed by atoms with Crippen LogP contribution >= 0.6 is 0 Å². The van der Waals surface area contributed by atoms with Gasteiger partial charge in [0, 0.05) is 18.8 Å². The minimum Gasteiger partial charge on any atom is -0.493 e. The van der Waals surface area contributed by atoms with Crippen LogP contribution in [0.3, 0.4) is 0 Å². The van der Waals surface area contributed by atoms with Crippen LogP contribution in [0.5, 0.6) is 17.2 Å². The van der Waals surface area contributed by atoms with Crippen LogP contribution in [0.25, 0.3) is 22.7 Å². The van der Waals surface area contributed by atoms with Crippen molar-refractivity contribution in [2.45, 2.75) is 0 Å². The third-order valence-corrected chi connectivity index (χ3v) is 3.68. The van der Waals surface area contributed by atoms with Crippen LogP contribution in [0, 0.1) is 0 Å².